The lowest BCUT2D eigenvalue weighted by Gasteiger charge is -2.28. The summed E-state index contributed by atoms with van der Waals surface area (Å²) in [5, 5.41) is 26.5. The summed E-state index contributed by atoms with van der Waals surface area (Å²) in [4.78, 5) is 15.9. The molecule has 1 aliphatic heterocycles. The number of hydrogen-bond acceptors (Lipinski definition) is 9. The van der Waals surface area contributed by atoms with E-state index in [1.54, 1.807) is 7.11 Å². The number of aliphatic hydroxyl groups is 2. The molecular formula is C27H42N6O3. The average Bonchev–Trinajstić information content (AvgIpc) is 3.74. The van der Waals surface area contributed by atoms with Crippen molar-refractivity contribution in [2.75, 3.05) is 43.9 Å². The predicted molar refractivity (Wildman–Crippen MR) is 141 cm³/mol. The van der Waals surface area contributed by atoms with E-state index in [0.717, 1.165) is 62.4 Å². The Morgan fingerprint density at radius 1 is 1.17 bits per heavy atom. The van der Waals surface area contributed by atoms with Crippen LogP contribution in [0.2, 0.25) is 0 Å². The maximum Gasteiger partial charge on any atom is 0.222 e. The number of aliphatic hydroxyl groups excluding tert-OH is 1. The zero-order chi connectivity index (χ0) is 25.3. The normalized spacial score (nSPS) is 17.1. The highest BCUT2D eigenvalue weighted by Gasteiger charge is 2.25. The molecular weight excluding hydrogens is 456 g/mol. The van der Waals surface area contributed by atoms with Gasteiger partial charge < -0.3 is 30.5 Å². The van der Waals surface area contributed by atoms with E-state index in [2.05, 4.69) is 44.6 Å². The highest BCUT2D eigenvalue weighted by molar-refractivity contribution is 5.47. The third-order valence-electron chi connectivity index (χ3n) is 7.18. The van der Waals surface area contributed by atoms with Gasteiger partial charge in [-0.2, -0.15) is 0 Å². The Labute approximate surface area is 214 Å². The number of ether oxygens (including phenoxy) is 1. The summed E-state index contributed by atoms with van der Waals surface area (Å²) in [5.74, 6) is 2.08. The Bertz CT molecular complexity index is 938. The standard InChI is InChI=1S/C27H42N6O3/c1-19(36-2)18-33(14-4-3-7-23-11-10-21-6-5-13-28-25(21)31-23)15-12-24(26(34)35)32-27-29-16-22(17-30-27)20-8-9-20/h10-11,16-17,19-20,24,26,34-35H,3-9,12-15,18H2,1-2H3,(H,28,31)(H,29,30,32)/t19-,24+/m1/s1. The molecule has 9 nitrogen and oxygen atoms in total. The van der Waals surface area contributed by atoms with Gasteiger partial charge in [-0.25, -0.2) is 15.0 Å². The van der Waals surface area contributed by atoms with E-state index in [1.165, 1.54) is 24.8 Å². The van der Waals surface area contributed by atoms with E-state index in [-0.39, 0.29) is 6.10 Å². The molecule has 0 spiro atoms. The van der Waals surface area contributed by atoms with Crippen LogP contribution in [0.3, 0.4) is 0 Å². The van der Waals surface area contributed by atoms with E-state index < -0.39 is 12.3 Å². The van der Waals surface area contributed by atoms with Crippen LogP contribution in [0.25, 0.3) is 0 Å². The molecule has 0 aromatic carbocycles. The van der Waals surface area contributed by atoms with Gasteiger partial charge in [-0.15, -0.1) is 0 Å². The molecule has 4 N–H and O–H groups in total. The molecule has 0 radical (unpaired) electrons. The molecule has 1 fully saturated rings. The molecule has 1 aliphatic carbocycles. The summed E-state index contributed by atoms with van der Waals surface area (Å²) in [5.41, 5.74) is 3.62. The number of nitrogens with zero attached hydrogens (tertiary/aromatic N) is 4. The van der Waals surface area contributed by atoms with Crippen molar-refractivity contribution in [1.29, 1.82) is 0 Å². The molecule has 3 heterocycles. The summed E-state index contributed by atoms with van der Waals surface area (Å²) in [7, 11) is 1.73. The average molecular weight is 499 g/mol. The molecule has 2 atom stereocenters. The fraction of sp³-hybridized carbons (Fsp3) is 0.667. The number of pyridine rings is 1. The lowest BCUT2D eigenvalue weighted by Crippen LogP contribution is -2.40. The first-order valence-corrected chi connectivity index (χ1v) is 13.4. The van der Waals surface area contributed by atoms with Crippen LogP contribution < -0.4 is 10.6 Å². The van der Waals surface area contributed by atoms with Gasteiger partial charge in [0.05, 0.1) is 12.1 Å². The molecule has 0 bridgehead atoms. The highest BCUT2D eigenvalue weighted by atomic mass is 16.5. The monoisotopic (exact) mass is 498 g/mol. The molecule has 2 aromatic rings. The van der Waals surface area contributed by atoms with Crippen molar-refractivity contribution in [2.24, 2.45) is 0 Å². The van der Waals surface area contributed by atoms with Crippen LogP contribution in [0.15, 0.2) is 24.5 Å². The molecule has 2 aliphatic rings. The van der Waals surface area contributed by atoms with Crippen molar-refractivity contribution in [3.63, 3.8) is 0 Å². The predicted octanol–water partition coefficient (Wildman–Crippen LogP) is 2.95. The number of nitrogens with one attached hydrogen (secondary N) is 2. The first-order valence-electron chi connectivity index (χ1n) is 13.4. The molecule has 36 heavy (non-hydrogen) atoms. The van der Waals surface area contributed by atoms with E-state index in [4.69, 9.17) is 9.72 Å². The Morgan fingerprint density at radius 2 is 1.97 bits per heavy atom. The Kier molecular flexibility index (Phi) is 9.86. The first kappa shape index (κ1) is 26.7. The maximum atomic E-state index is 9.97. The van der Waals surface area contributed by atoms with Crippen molar-refractivity contribution in [1.82, 2.24) is 19.9 Å². The summed E-state index contributed by atoms with van der Waals surface area (Å²) < 4.78 is 5.50. The number of aryl methyl sites for hydroxylation is 2. The smallest absolute Gasteiger partial charge is 0.222 e. The summed E-state index contributed by atoms with van der Waals surface area (Å²) in [6.07, 6.45) is 10.6. The number of aromatic nitrogens is 3. The molecule has 0 unspecified atom stereocenters. The number of hydrogen-bond donors (Lipinski definition) is 4. The van der Waals surface area contributed by atoms with Crippen LogP contribution in [-0.2, 0) is 17.6 Å². The number of fused-ring (bicyclic) bond motifs is 1. The number of unbranched alkanes of at least 4 members (excludes halogenated alkanes) is 1. The van der Waals surface area contributed by atoms with Gasteiger partial charge in [0, 0.05) is 44.8 Å². The van der Waals surface area contributed by atoms with E-state index in [9.17, 15) is 10.2 Å². The minimum atomic E-state index is -1.50. The van der Waals surface area contributed by atoms with Crippen molar-refractivity contribution in [3.8, 4) is 0 Å². The third-order valence-corrected chi connectivity index (χ3v) is 7.18. The topological polar surface area (TPSA) is 116 Å². The summed E-state index contributed by atoms with van der Waals surface area (Å²) >= 11 is 0. The second kappa shape index (κ2) is 13.3. The fourth-order valence-corrected chi connectivity index (χ4v) is 4.71. The molecule has 1 saturated carbocycles. The zero-order valence-electron chi connectivity index (χ0n) is 21.7. The Morgan fingerprint density at radius 3 is 2.69 bits per heavy atom. The number of methoxy groups -OCH3 is 1. The zero-order valence-corrected chi connectivity index (χ0v) is 21.7. The molecule has 0 amide bonds. The molecule has 9 heteroatoms. The number of rotatable bonds is 15. The molecule has 4 rings (SSSR count). The first-order chi connectivity index (χ1) is 17.5. The van der Waals surface area contributed by atoms with Gasteiger partial charge in [0.1, 0.15) is 5.82 Å². The molecule has 198 valence electrons. The molecule has 0 saturated heterocycles. The Hall–Kier alpha value is -2.33. The minimum Gasteiger partial charge on any atom is -0.380 e. The summed E-state index contributed by atoms with van der Waals surface area (Å²) in [6, 6.07) is 3.83. The van der Waals surface area contributed by atoms with Gasteiger partial charge in [-0.3, -0.25) is 0 Å². The fourth-order valence-electron chi connectivity index (χ4n) is 4.71. The van der Waals surface area contributed by atoms with Crippen molar-refractivity contribution in [2.45, 2.75) is 82.6 Å². The lowest BCUT2D eigenvalue weighted by atomic mass is 10.1. The molecule has 2 aromatic heterocycles. The quantitative estimate of drug-likeness (QED) is 0.217. The van der Waals surface area contributed by atoms with Gasteiger partial charge >= 0.3 is 0 Å². The maximum absolute atomic E-state index is 9.97. The lowest BCUT2D eigenvalue weighted by molar-refractivity contribution is -0.0565. The van der Waals surface area contributed by atoms with Crippen molar-refractivity contribution >= 4 is 11.8 Å². The van der Waals surface area contributed by atoms with Crippen LogP contribution in [0.4, 0.5) is 11.8 Å². The summed E-state index contributed by atoms with van der Waals surface area (Å²) in [6.45, 7) is 5.48. The van der Waals surface area contributed by atoms with Crippen LogP contribution >= 0.6 is 0 Å². The van der Waals surface area contributed by atoms with Gasteiger partial charge in [-0.1, -0.05) is 6.07 Å². The van der Waals surface area contributed by atoms with E-state index >= 15 is 0 Å². The largest absolute Gasteiger partial charge is 0.380 e. The van der Waals surface area contributed by atoms with Gasteiger partial charge in [0.15, 0.2) is 6.29 Å². The Balaban J connectivity index is 1.25. The van der Waals surface area contributed by atoms with Crippen LogP contribution in [0.1, 0.15) is 68.2 Å². The van der Waals surface area contributed by atoms with E-state index in [0.29, 0.717) is 24.8 Å². The second-order valence-corrected chi connectivity index (χ2v) is 10.2. The number of anilines is 2. The van der Waals surface area contributed by atoms with Crippen molar-refractivity contribution in [3.05, 3.63) is 41.3 Å². The van der Waals surface area contributed by atoms with Crippen LogP contribution in [0.5, 0.6) is 0 Å². The van der Waals surface area contributed by atoms with Gasteiger partial charge in [-0.05, 0) is 87.9 Å². The highest BCUT2D eigenvalue weighted by Crippen LogP contribution is 2.39. The van der Waals surface area contributed by atoms with Gasteiger partial charge in [0.25, 0.3) is 0 Å². The SMILES string of the molecule is CO[C@H](C)CN(CCCCc1ccc2c(n1)NCCC2)CC[C@H](Nc1ncc(C2CC2)cn1)C(O)O. The van der Waals surface area contributed by atoms with Crippen LogP contribution in [-0.4, -0.2) is 81.8 Å². The second-order valence-electron chi connectivity index (χ2n) is 10.2. The van der Waals surface area contributed by atoms with Crippen LogP contribution in [0, 0.1) is 0 Å². The van der Waals surface area contributed by atoms with E-state index in [1.807, 2.05) is 12.4 Å². The van der Waals surface area contributed by atoms with Gasteiger partial charge in [0.2, 0.25) is 5.95 Å². The van der Waals surface area contributed by atoms with Crippen molar-refractivity contribution < 1.29 is 14.9 Å². The third kappa shape index (κ3) is 8.09. The minimum absolute atomic E-state index is 0.0992.